The van der Waals surface area contributed by atoms with E-state index in [2.05, 4.69) is 31.9 Å². The van der Waals surface area contributed by atoms with E-state index in [-0.39, 0.29) is 5.54 Å². The van der Waals surface area contributed by atoms with E-state index in [9.17, 15) is 0 Å². The molecule has 0 aromatic heterocycles. The van der Waals surface area contributed by atoms with Crippen molar-refractivity contribution in [3.63, 3.8) is 0 Å². The Morgan fingerprint density at radius 1 is 1.35 bits per heavy atom. The highest BCUT2D eigenvalue weighted by Crippen LogP contribution is 2.25. The number of benzene rings is 1. The first-order chi connectivity index (χ1) is 8.07. The molecule has 17 heavy (non-hydrogen) atoms. The second kappa shape index (κ2) is 6.03. The molecule has 0 aliphatic carbocycles. The van der Waals surface area contributed by atoms with E-state index in [0.717, 1.165) is 18.7 Å². The van der Waals surface area contributed by atoms with E-state index in [1.807, 2.05) is 18.2 Å². The Morgan fingerprint density at radius 2 is 2.00 bits per heavy atom. The van der Waals surface area contributed by atoms with Crippen LogP contribution >= 0.6 is 0 Å². The normalized spacial score (nSPS) is 14.7. The van der Waals surface area contributed by atoms with Crippen LogP contribution in [-0.2, 0) is 6.42 Å². The van der Waals surface area contributed by atoms with E-state index >= 15 is 0 Å². The van der Waals surface area contributed by atoms with Crippen molar-refractivity contribution in [1.29, 1.82) is 0 Å². The Bertz CT molecular complexity index is 354. The van der Waals surface area contributed by atoms with Gasteiger partial charge >= 0.3 is 0 Å². The van der Waals surface area contributed by atoms with Gasteiger partial charge in [0.25, 0.3) is 0 Å². The zero-order valence-corrected chi connectivity index (χ0v) is 11.4. The third-order valence-corrected chi connectivity index (χ3v) is 3.60. The minimum atomic E-state index is -0.0244. The highest BCUT2D eigenvalue weighted by atomic mass is 16.5. The lowest BCUT2D eigenvalue weighted by molar-refractivity contribution is 0.151. The van der Waals surface area contributed by atoms with Crippen molar-refractivity contribution >= 4 is 0 Å². The molecule has 96 valence electrons. The van der Waals surface area contributed by atoms with Crippen molar-refractivity contribution in [3.8, 4) is 5.75 Å². The fourth-order valence-corrected chi connectivity index (χ4v) is 2.00. The summed E-state index contributed by atoms with van der Waals surface area (Å²) in [6.07, 6.45) is 0.901. The lowest BCUT2D eigenvalue weighted by Gasteiger charge is -2.38. The number of hydrogen-bond donors (Lipinski definition) is 1. The van der Waals surface area contributed by atoms with Gasteiger partial charge in [0.15, 0.2) is 0 Å². The van der Waals surface area contributed by atoms with E-state index in [4.69, 9.17) is 10.5 Å². The minimum Gasteiger partial charge on any atom is -0.496 e. The van der Waals surface area contributed by atoms with Gasteiger partial charge in [-0.3, -0.25) is 4.90 Å². The van der Waals surface area contributed by atoms with Crippen LogP contribution in [0, 0.1) is 0 Å². The fourth-order valence-electron chi connectivity index (χ4n) is 2.00. The quantitative estimate of drug-likeness (QED) is 0.820. The smallest absolute Gasteiger partial charge is 0.122 e. The molecular weight excluding hydrogens is 212 g/mol. The van der Waals surface area contributed by atoms with Crippen LogP contribution in [0.2, 0.25) is 0 Å². The molecule has 0 aliphatic rings. The van der Waals surface area contributed by atoms with Crippen molar-refractivity contribution in [2.45, 2.75) is 25.8 Å². The topological polar surface area (TPSA) is 38.5 Å². The molecule has 1 aromatic carbocycles. The molecule has 0 saturated heterocycles. The Labute approximate surface area is 105 Å². The third kappa shape index (κ3) is 3.20. The van der Waals surface area contributed by atoms with Gasteiger partial charge in [-0.2, -0.15) is 0 Å². The average molecular weight is 236 g/mol. The van der Waals surface area contributed by atoms with E-state index in [1.54, 1.807) is 7.11 Å². The van der Waals surface area contributed by atoms with Gasteiger partial charge in [-0.15, -0.1) is 0 Å². The number of rotatable bonds is 6. The maximum absolute atomic E-state index is 5.94. The zero-order valence-electron chi connectivity index (χ0n) is 11.4. The average Bonchev–Trinajstić information content (AvgIpc) is 2.38. The monoisotopic (exact) mass is 236 g/mol. The van der Waals surface area contributed by atoms with Gasteiger partial charge < -0.3 is 10.5 Å². The van der Waals surface area contributed by atoms with Gasteiger partial charge in [0.05, 0.1) is 7.11 Å². The van der Waals surface area contributed by atoms with Gasteiger partial charge in [-0.1, -0.05) is 25.1 Å². The minimum absolute atomic E-state index is 0.0244. The van der Waals surface area contributed by atoms with Crippen LogP contribution in [-0.4, -0.2) is 37.7 Å². The van der Waals surface area contributed by atoms with Crippen molar-refractivity contribution in [1.82, 2.24) is 4.90 Å². The van der Waals surface area contributed by atoms with Crippen LogP contribution in [0.3, 0.4) is 0 Å². The molecule has 0 radical (unpaired) electrons. The highest BCUT2D eigenvalue weighted by molar-refractivity contribution is 5.34. The molecule has 1 unspecified atom stereocenters. The molecule has 0 amide bonds. The molecule has 0 spiro atoms. The van der Waals surface area contributed by atoms with Gasteiger partial charge in [0, 0.05) is 12.1 Å². The van der Waals surface area contributed by atoms with E-state index in [1.165, 1.54) is 5.56 Å². The van der Waals surface area contributed by atoms with Crippen molar-refractivity contribution in [2.75, 3.05) is 27.2 Å². The summed E-state index contributed by atoms with van der Waals surface area (Å²) < 4.78 is 5.39. The molecule has 0 saturated carbocycles. The Hall–Kier alpha value is -1.06. The first-order valence-corrected chi connectivity index (χ1v) is 6.10. The van der Waals surface area contributed by atoms with Gasteiger partial charge in [-0.25, -0.2) is 0 Å². The Morgan fingerprint density at radius 3 is 2.53 bits per heavy atom. The number of methoxy groups -OCH3 is 1. The number of nitrogens with zero attached hydrogens (tertiary/aromatic N) is 1. The van der Waals surface area contributed by atoms with Crippen LogP contribution in [0.4, 0.5) is 0 Å². The predicted molar refractivity (Wildman–Crippen MR) is 72.5 cm³/mol. The zero-order chi connectivity index (χ0) is 12.9. The lowest BCUT2D eigenvalue weighted by Crippen LogP contribution is -2.51. The molecule has 2 N–H and O–H groups in total. The third-order valence-electron chi connectivity index (χ3n) is 3.60. The first kappa shape index (κ1) is 14.0. The molecule has 0 aliphatic heterocycles. The molecule has 0 bridgehead atoms. The SMILES string of the molecule is CCN(C)C(C)(CN)Cc1ccccc1OC. The number of para-hydroxylation sites is 1. The van der Waals surface area contributed by atoms with E-state index < -0.39 is 0 Å². The van der Waals surface area contributed by atoms with Crippen LogP contribution < -0.4 is 10.5 Å². The van der Waals surface area contributed by atoms with Crippen molar-refractivity contribution < 1.29 is 4.74 Å². The summed E-state index contributed by atoms with van der Waals surface area (Å²) in [7, 11) is 3.82. The van der Waals surface area contributed by atoms with Crippen molar-refractivity contribution in [2.24, 2.45) is 5.73 Å². The molecule has 1 rings (SSSR count). The van der Waals surface area contributed by atoms with Gasteiger partial charge in [0.2, 0.25) is 0 Å². The summed E-state index contributed by atoms with van der Waals surface area (Å²) in [6, 6.07) is 8.14. The maximum atomic E-state index is 5.94. The molecular formula is C14H24N2O. The summed E-state index contributed by atoms with van der Waals surface area (Å²) in [4.78, 5) is 2.29. The molecule has 3 nitrogen and oxygen atoms in total. The van der Waals surface area contributed by atoms with E-state index in [0.29, 0.717) is 6.54 Å². The summed E-state index contributed by atoms with van der Waals surface area (Å²) in [6.45, 7) is 5.97. The molecule has 1 atom stereocenters. The van der Waals surface area contributed by atoms with Gasteiger partial charge in [-0.05, 0) is 38.6 Å². The van der Waals surface area contributed by atoms with Crippen LogP contribution in [0.15, 0.2) is 24.3 Å². The van der Waals surface area contributed by atoms with Crippen LogP contribution in [0.1, 0.15) is 19.4 Å². The summed E-state index contributed by atoms with van der Waals surface area (Å²) in [5.41, 5.74) is 7.13. The number of ether oxygens (including phenoxy) is 1. The van der Waals surface area contributed by atoms with Gasteiger partial charge in [0.1, 0.15) is 5.75 Å². The second-order valence-corrected chi connectivity index (χ2v) is 4.70. The van der Waals surface area contributed by atoms with Crippen LogP contribution in [0.25, 0.3) is 0 Å². The standard InChI is InChI=1S/C14H24N2O/c1-5-16(3)14(2,11-15)10-12-8-6-7-9-13(12)17-4/h6-9H,5,10-11,15H2,1-4H3. The number of nitrogens with two attached hydrogens (primary N) is 1. The highest BCUT2D eigenvalue weighted by Gasteiger charge is 2.28. The fraction of sp³-hybridized carbons (Fsp3) is 0.571. The maximum Gasteiger partial charge on any atom is 0.122 e. The second-order valence-electron chi connectivity index (χ2n) is 4.70. The lowest BCUT2D eigenvalue weighted by atomic mass is 9.91. The first-order valence-electron chi connectivity index (χ1n) is 6.10. The summed E-state index contributed by atoms with van der Waals surface area (Å²) in [5, 5.41) is 0. The molecule has 3 heteroatoms. The molecule has 0 fully saturated rings. The number of likely N-dealkylation sites (N-methyl/N-ethyl adjacent to an activating group) is 1. The van der Waals surface area contributed by atoms with Crippen LogP contribution in [0.5, 0.6) is 5.75 Å². The summed E-state index contributed by atoms with van der Waals surface area (Å²) in [5.74, 6) is 0.941. The number of hydrogen-bond acceptors (Lipinski definition) is 3. The largest absolute Gasteiger partial charge is 0.496 e. The predicted octanol–water partition coefficient (Wildman–Crippen LogP) is 1.91. The Balaban J connectivity index is 2.94. The Kier molecular flexibility index (Phi) is 4.97. The summed E-state index contributed by atoms with van der Waals surface area (Å²) >= 11 is 0. The van der Waals surface area contributed by atoms with Crippen molar-refractivity contribution in [3.05, 3.63) is 29.8 Å². The molecule has 1 aromatic rings. The molecule has 0 heterocycles.